The van der Waals surface area contributed by atoms with Crippen molar-refractivity contribution in [3.63, 3.8) is 0 Å². The molecular formula is C19H27N5O3S. The van der Waals surface area contributed by atoms with Crippen LogP contribution in [0.2, 0.25) is 0 Å². The Labute approximate surface area is 168 Å². The third kappa shape index (κ3) is 6.35. The van der Waals surface area contributed by atoms with Gasteiger partial charge in [0.15, 0.2) is 5.16 Å². The second-order valence-corrected chi connectivity index (χ2v) is 7.56. The highest BCUT2D eigenvalue weighted by Gasteiger charge is 2.14. The summed E-state index contributed by atoms with van der Waals surface area (Å²) in [5.41, 5.74) is 0.480. The number of imide groups is 1. The van der Waals surface area contributed by atoms with Crippen molar-refractivity contribution < 1.29 is 9.59 Å². The van der Waals surface area contributed by atoms with Gasteiger partial charge in [-0.25, -0.2) is 9.78 Å². The first-order chi connectivity index (χ1) is 13.4. The van der Waals surface area contributed by atoms with Gasteiger partial charge in [-0.2, -0.15) is 0 Å². The van der Waals surface area contributed by atoms with Crippen molar-refractivity contribution in [1.29, 1.82) is 0 Å². The number of hydrogen-bond acceptors (Lipinski definition) is 6. The fourth-order valence-electron chi connectivity index (χ4n) is 2.58. The minimum Gasteiger partial charge on any atom is -0.338 e. The molecule has 0 radical (unpaired) electrons. The van der Waals surface area contributed by atoms with E-state index in [0.717, 1.165) is 31.1 Å². The van der Waals surface area contributed by atoms with E-state index in [0.29, 0.717) is 29.1 Å². The minimum atomic E-state index is -0.512. The molecule has 0 aliphatic carbocycles. The summed E-state index contributed by atoms with van der Waals surface area (Å²) >= 11 is 1.16. The van der Waals surface area contributed by atoms with Gasteiger partial charge >= 0.3 is 6.03 Å². The van der Waals surface area contributed by atoms with E-state index in [-0.39, 0.29) is 11.3 Å². The second kappa shape index (κ2) is 10.8. The van der Waals surface area contributed by atoms with Crippen LogP contribution in [0.4, 0.5) is 4.79 Å². The molecule has 0 saturated heterocycles. The third-order valence-electron chi connectivity index (χ3n) is 3.93. The van der Waals surface area contributed by atoms with Crippen LogP contribution in [-0.2, 0) is 11.3 Å². The van der Waals surface area contributed by atoms with Gasteiger partial charge in [0.05, 0.1) is 16.7 Å². The van der Waals surface area contributed by atoms with Crippen LogP contribution in [0.25, 0.3) is 10.9 Å². The van der Waals surface area contributed by atoms with Crippen molar-refractivity contribution >= 4 is 34.6 Å². The Balaban J connectivity index is 2.15. The Bertz CT molecular complexity index is 881. The number of benzene rings is 1. The number of urea groups is 1. The van der Waals surface area contributed by atoms with Crippen molar-refractivity contribution in [1.82, 2.24) is 25.1 Å². The van der Waals surface area contributed by atoms with Gasteiger partial charge in [0.25, 0.3) is 5.56 Å². The molecule has 3 amide bonds. The number of carbonyl (C=O) groups excluding carboxylic acids is 2. The average Bonchev–Trinajstić information content (AvgIpc) is 2.66. The quantitative estimate of drug-likeness (QED) is 0.487. The molecule has 152 valence electrons. The first kappa shape index (κ1) is 21.9. The zero-order valence-electron chi connectivity index (χ0n) is 16.5. The average molecular weight is 406 g/mol. The van der Waals surface area contributed by atoms with Crippen molar-refractivity contribution in [2.24, 2.45) is 0 Å². The smallest absolute Gasteiger partial charge is 0.321 e. The van der Waals surface area contributed by atoms with Crippen molar-refractivity contribution in [2.45, 2.75) is 31.5 Å². The Hall–Kier alpha value is -2.39. The number of thioether (sulfide) groups is 1. The SMILES string of the molecule is CCCNC(=O)NC(=O)CSc1nc2ccccc2c(=O)n1CCCN(C)C. The fraction of sp³-hybridized carbons (Fsp3) is 0.474. The molecule has 1 heterocycles. The van der Waals surface area contributed by atoms with Crippen LogP contribution in [0.15, 0.2) is 34.2 Å². The van der Waals surface area contributed by atoms with Gasteiger partial charge in [0, 0.05) is 13.1 Å². The maximum atomic E-state index is 12.9. The number of amides is 3. The lowest BCUT2D eigenvalue weighted by Gasteiger charge is -2.14. The highest BCUT2D eigenvalue weighted by atomic mass is 32.2. The van der Waals surface area contributed by atoms with Crippen molar-refractivity contribution in [3.8, 4) is 0 Å². The van der Waals surface area contributed by atoms with Gasteiger partial charge in [-0.1, -0.05) is 30.8 Å². The van der Waals surface area contributed by atoms with Crippen LogP contribution in [0.3, 0.4) is 0 Å². The topological polar surface area (TPSA) is 96.3 Å². The predicted octanol–water partition coefficient (Wildman–Crippen LogP) is 1.68. The van der Waals surface area contributed by atoms with Crippen LogP contribution < -0.4 is 16.2 Å². The molecule has 0 aliphatic heterocycles. The van der Waals surface area contributed by atoms with Gasteiger partial charge in [-0.15, -0.1) is 0 Å². The second-order valence-electron chi connectivity index (χ2n) is 6.62. The molecule has 0 unspecified atom stereocenters. The van der Waals surface area contributed by atoms with E-state index in [1.54, 1.807) is 16.7 Å². The minimum absolute atomic E-state index is 0.00198. The number of rotatable bonds is 9. The Morgan fingerprint density at radius 3 is 2.71 bits per heavy atom. The summed E-state index contributed by atoms with van der Waals surface area (Å²) in [7, 11) is 3.95. The monoisotopic (exact) mass is 405 g/mol. The van der Waals surface area contributed by atoms with Gasteiger partial charge < -0.3 is 10.2 Å². The number of hydrogen-bond donors (Lipinski definition) is 2. The summed E-state index contributed by atoms with van der Waals surface area (Å²) in [6.07, 6.45) is 1.57. The molecule has 0 spiro atoms. The van der Waals surface area contributed by atoms with E-state index in [1.165, 1.54) is 0 Å². The number of fused-ring (bicyclic) bond motifs is 1. The molecule has 0 atom stereocenters. The van der Waals surface area contributed by atoms with Gasteiger partial charge in [-0.3, -0.25) is 19.5 Å². The lowest BCUT2D eigenvalue weighted by atomic mass is 10.2. The van der Waals surface area contributed by atoms with Crippen molar-refractivity contribution in [2.75, 3.05) is 32.9 Å². The van der Waals surface area contributed by atoms with E-state index < -0.39 is 11.9 Å². The highest BCUT2D eigenvalue weighted by Crippen LogP contribution is 2.18. The molecule has 8 nitrogen and oxygen atoms in total. The summed E-state index contributed by atoms with van der Waals surface area (Å²) in [6, 6.07) is 6.66. The summed E-state index contributed by atoms with van der Waals surface area (Å²) in [4.78, 5) is 43.1. The molecule has 2 N–H and O–H groups in total. The van der Waals surface area contributed by atoms with Crippen LogP contribution >= 0.6 is 11.8 Å². The molecule has 0 fully saturated rings. The van der Waals surface area contributed by atoms with Gasteiger partial charge in [0.1, 0.15) is 0 Å². The van der Waals surface area contributed by atoms with E-state index in [4.69, 9.17) is 0 Å². The summed E-state index contributed by atoms with van der Waals surface area (Å²) in [6.45, 7) is 3.78. The van der Waals surface area contributed by atoms with E-state index in [9.17, 15) is 14.4 Å². The number of carbonyl (C=O) groups is 2. The van der Waals surface area contributed by atoms with Crippen LogP contribution in [0.5, 0.6) is 0 Å². The van der Waals surface area contributed by atoms with Crippen LogP contribution in [0.1, 0.15) is 19.8 Å². The molecule has 2 rings (SSSR count). The molecule has 28 heavy (non-hydrogen) atoms. The van der Waals surface area contributed by atoms with Crippen LogP contribution in [0, 0.1) is 0 Å². The molecule has 0 aliphatic rings. The summed E-state index contributed by atoms with van der Waals surface area (Å²) in [5, 5.41) is 5.91. The lowest BCUT2D eigenvalue weighted by Crippen LogP contribution is -2.40. The summed E-state index contributed by atoms with van der Waals surface area (Å²) in [5.74, 6) is -0.432. The first-order valence-electron chi connectivity index (χ1n) is 9.27. The van der Waals surface area contributed by atoms with E-state index in [1.807, 2.05) is 33.2 Å². The number of nitrogens with one attached hydrogen (secondary N) is 2. The predicted molar refractivity (Wildman–Crippen MR) is 112 cm³/mol. The number of para-hydroxylation sites is 1. The Morgan fingerprint density at radius 1 is 1.25 bits per heavy atom. The maximum Gasteiger partial charge on any atom is 0.321 e. The lowest BCUT2D eigenvalue weighted by molar-refractivity contribution is -0.117. The summed E-state index contributed by atoms with van der Waals surface area (Å²) < 4.78 is 1.61. The standard InChI is InChI=1S/C19H27N5O3S/c1-4-10-20-18(27)22-16(25)13-28-19-21-15-9-6-5-8-14(15)17(26)24(19)12-7-11-23(2)3/h5-6,8-9H,4,7,10-13H2,1-3H3,(H2,20,22,25,27). The van der Waals surface area contributed by atoms with E-state index >= 15 is 0 Å². The Morgan fingerprint density at radius 2 is 2.00 bits per heavy atom. The zero-order valence-corrected chi connectivity index (χ0v) is 17.3. The number of nitrogens with zero attached hydrogens (tertiary/aromatic N) is 3. The molecular weight excluding hydrogens is 378 g/mol. The maximum absolute atomic E-state index is 12.9. The Kier molecular flexibility index (Phi) is 8.46. The first-order valence-corrected chi connectivity index (χ1v) is 10.3. The van der Waals surface area contributed by atoms with Crippen LogP contribution in [-0.4, -0.2) is 59.3 Å². The number of aromatic nitrogens is 2. The van der Waals surface area contributed by atoms with Gasteiger partial charge in [0.2, 0.25) is 5.91 Å². The molecule has 0 bridgehead atoms. The zero-order chi connectivity index (χ0) is 20.5. The normalized spacial score (nSPS) is 11.0. The van der Waals surface area contributed by atoms with E-state index in [2.05, 4.69) is 20.5 Å². The molecule has 1 aromatic carbocycles. The molecule has 0 saturated carbocycles. The molecule has 1 aromatic heterocycles. The molecule has 9 heteroatoms. The molecule has 2 aromatic rings. The van der Waals surface area contributed by atoms with Gasteiger partial charge in [-0.05, 0) is 45.6 Å². The van der Waals surface area contributed by atoms with Crippen molar-refractivity contribution in [3.05, 3.63) is 34.6 Å². The third-order valence-corrected chi connectivity index (χ3v) is 4.91. The highest BCUT2D eigenvalue weighted by molar-refractivity contribution is 7.99. The fourth-order valence-corrected chi connectivity index (χ4v) is 3.40. The largest absolute Gasteiger partial charge is 0.338 e.